The smallest absolute Gasteiger partial charge is 0.234 e. The van der Waals surface area contributed by atoms with Gasteiger partial charge in [0.2, 0.25) is 11.8 Å². The molecule has 1 saturated heterocycles. The quantitative estimate of drug-likeness (QED) is 0.829. The van der Waals surface area contributed by atoms with Gasteiger partial charge in [-0.1, -0.05) is 12.1 Å². The molecular weight excluding hydrogens is 323 g/mol. The Balaban J connectivity index is 1.55. The normalized spacial score (nSPS) is 16.8. The van der Waals surface area contributed by atoms with Crippen LogP contribution < -0.4 is 9.64 Å². The predicted octanol–water partition coefficient (Wildman–Crippen LogP) is 1.90. The fourth-order valence-corrected chi connectivity index (χ4v) is 2.72. The summed E-state index contributed by atoms with van der Waals surface area (Å²) >= 11 is 0. The van der Waals surface area contributed by atoms with Crippen LogP contribution in [0.4, 0.5) is 10.2 Å². The maximum Gasteiger partial charge on any atom is 0.234 e. The van der Waals surface area contributed by atoms with E-state index in [1.807, 2.05) is 19.0 Å². The van der Waals surface area contributed by atoms with E-state index < -0.39 is 0 Å². The molecule has 132 valence electrons. The zero-order valence-corrected chi connectivity index (χ0v) is 14.4. The molecule has 7 heteroatoms. The highest BCUT2D eigenvalue weighted by Gasteiger charge is 2.28. The highest BCUT2D eigenvalue weighted by Crippen LogP contribution is 2.19. The van der Waals surface area contributed by atoms with Crippen LogP contribution in [0.2, 0.25) is 0 Å². The molecule has 1 unspecified atom stereocenters. The fraction of sp³-hybridized carbons (Fsp3) is 0.389. The number of hydrogen-bond donors (Lipinski definition) is 0. The van der Waals surface area contributed by atoms with Crippen LogP contribution in [-0.2, 0) is 11.2 Å². The molecule has 1 aromatic carbocycles. The second kappa shape index (κ2) is 7.46. The molecule has 1 amide bonds. The van der Waals surface area contributed by atoms with Gasteiger partial charge in [0.05, 0.1) is 25.4 Å². The first kappa shape index (κ1) is 17.1. The predicted molar refractivity (Wildman–Crippen MR) is 92.1 cm³/mol. The molecule has 0 bridgehead atoms. The first-order chi connectivity index (χ1) is 12.0. The van der Waals surface area contributed by atoms with Crippen LogP contribution in [0, 0.1) is 5.82 Å². The number of likely N-dealkylation sites (tertiary alicyclic amines) is 1. The molecule has 0 spiro atoms. The van der Waals surface area contributed by atoms with Gasteiger partial charge in [0.25, 0.3) is 0 Å². The Bertz CT molecular complexity index is 736. The first-order valence-corrected chi connectivity index (χ1v) is 8.19. The van der Waals surface area contributed by atoms with Crippen LogP contribution >= 0.6 is 0 Å². The second-order valence-corrected chi connectivity index (χ2v) is 6.28. The van der Waals surface area contributed by atoms with Crippen LogP contribution in [0.15, 0.2) is 36.7 Å². The molecular formula is C18H21FN4O2. The van der Waals surface area contributed by atoms with Crippen molar-refractivity contribution in [1.82, 2.24) is 14.9 Å². The number of nitrogens with zero attached hydrogens (tertiary/aromatic N) is 4. The van der Waals surface area contributed by atoms with Crippen LogP contribution in [0.5, 0.6) is 5.88 Å². The van der Waals surface area contributed by atoms with Gasteiger partial charge in [-0.05, 0) is 17.7 Å². The molecule has 0 aliphatic carbocycles. The zero-order chi connectivity index (χ0) is 17.8. The van der Waals surface area contributed by atoms with Gasteiger partial charge in [0, 0.05) is 27.1 Å². The third-order valence-electron chi connectivity index (χ3n) is 4.11. The minimum absolute atomic E-state index is 0.0193. The summed E-state index contributed by atoms with van der Waals surface area (Å²) in [6.07, 6.45) is 4.17. The van der Waals surface area contributed by atoms with Gasteiger partial charge in [-0.15, -0.1) is 0 Å². The van der Waals surface area contributed by atoms with E-state index in [-0.39, 0.29) is 24.2 Å². The van der Waals surface area contributed by atoms with Crippen LogP contribution in [0.25, 0.3) is 0 Å². The summed E-state index contributed by atoms with van der Waals surface area (Å²) < 4.78 is 18.8. The van der Waals surface area contributed by atoms with Crippen LogP contribution in [0.3, 0.4) is 0 Å². The van der Waals surface area contributed by atoms with Gasteiger partial charge in [-0.2, -0.15) is 4.98 Å². The summed E-state index contributed by atoms with van der Waals surface area (Å²) in [5.74, 6) is 0.904. The number of amides is 1. The Hall–Kier alpha value is -2.70. The Morgan fingerprint density at radius 2 is 2.08 bits per heavy atom. The zero-order valence-electron chi connectivity index (χ0n) is 14.4. The summed E-state index contributed by atoms with van der Waals surface area (Å²) in [5.41, 5.74) is 0.806. The number of anilines is 1. The summed E-state index contributed by atoms with van der Waals surface area (Å²) in [7, 11) is 3.78. The molecule has 1 aliphatic heterocycles. The van der Waals surface area contributed by atoms with E-state index in [0.29, 0.717) is 19.0 Å². The average Bonchev–Trinajstić information content (AvgIpc) is 3.06. The SMILES string of the molecule is CN(C)c1cncc(OC2CCN(C(=O)Cc3ccc(F)cc3)C2)n1. The van der Waals surface area contributed by atoms with Crippen molar-refractivity contribution in [3.05, 3.63) is 48.0 Å². The molecule has 25 heavy (non-hydrogen) atoms. The maximum atomic E-state index is 12.9. The van der Waals surface area contributed by atoms with E-state index in [9.17, 15) is 9.18 Å². The molecule has 0 saturated carbocycles. The number of rotatable bonds is 5. The molecule has 0 N–H and O–H groups in total. The highest BCUT2D eigenvalue weighted by molar-refractivity contribution is 5.79. The van der Waals surface area contributed by atoms with Gasteiger partial charge < -0.3 is 14.5 Å². The van der Waals surface area contributed by atoms with Gasteiger partial charge in [-0.25, -0.2) is 4.39 Å². The van der Waals surface area contributed by atoms with E-state index in [2.05, 4.69) is 9.97 Å². The fourth-order valence-electron chi connectivity index (χ4n) is 2.72. The Labute approximate surface area is 146 Å². The molecule has 0 radical (unpaired) electrons. The Kier molecular flexibility index (Phi) is 5.11. The number of ether oxygens (including phenoxy) is 1. The monoisotopic (exact) mass is 344 g/mol. The van der Waals surface area contributed by atoms with Crippen LogP contribution in [0.1, 0.15) is 12.0 Å². The molecule has 1 aromatic heterocycles. The highest BCUT2D eigenvalue weighted by atomic mass is 19.1. The van der Waals surface area contributed by atoms with Gasteiger partial charge in [0.1, 0.15) is 11.9 Å². The van der Waals surface area contributed by atoms with Crippen molar-refractivity contribution in [3.63, 3.8) is 0 Å². The third kappa shape index (κ3) is 4.43. The standard InChI is InChI=1S/C18H21FN4O2/c1-22(2)16-10-20-11-17(21-16)25-15-7-8-23(12-15)18(24)9-13-3-5-14(19)6-4-13/h3-6,10-11,15H,7-9,12H2,1-2H3. The van der Waals surface area contributed by atoms with Gasteiger partial charge in [0.15, 0.2) is 5.82 Å². The summed E-state index contributed by atoms with van der Waals surface area (Å²) in [6, 6.07) is 6.02. The summed E-state index contributed by atoms with van der Waals surface area (Å²) in [6.45, 7) is 1.17. The van der Waals surface area contributed by atoms with Crippen LogP contribution in [-0.4, -0.2) is 54.1 Å². The number of aromatic nitrogens is 2. The third-order valence-corrected chi connectivity index (χ3v) is 4.11. The lowest BCUT2D eigenvalue weighted by molar-refractivity contribution is -0.129. The number of halogens is 1. The van der Waals surface area contributed by atoms with Gasteiger partial charge >= 0.3 is 0 Å². The average molecular weight is 344 g/mol. The van der Waals surface area contributed by atoms with E-state index in [4.69, 9.17) is 4.74 Å². The minimum Gasteiger partial charge on any atom is -0.471 e. The number of carbonyl (C=O) groups is 1. The number of carbonyl (C=O) groups excluding carboxylic acids is 1. The van der Waals surface area contributed by atoms with Crippen molar-refractivity contribution in [2.45, 2.75) is 18.9 Å². The Morgan fingerprint density at radius 1 is 1.32 bits per heavy atom. The van der Waals surface area contributed by atoms with Crippen molar-refractivity contribution < 1.29 is 13.9 Å². The largest absolute Gasteiger partial charge is 0.471 e. The molecule has 1 atom stereocenters. The van der Waals surface area contributed by atoms with Gasteiger partial charge in [-0.3, -0.25) is 9.78 Å². The van der Waals surface area contributed by atoms with Crippen molar-refractivity contribution >= 4 is 11.7 Å². The van der Waals surface area contributed by atoms with E-state index in [0.717, 1.165) is 17.8 Å². The lowest BCUT2D eigenvalue weighted by Gasteiger charge is -2.17. The lowest BCUT2D eigenvalue weighted by atomic mass is 10.1. The molecule has 6 nitrogen and oxygen atoms in total. The van der Waals surface area contributed by atoms with E-state index in [1.165, 1.54) is 12.1 Å². The first-order valence-electron chi connectivity index (χ1n) is 8.19. The molecule has 2 aromatic rings. The second-order valence-electron chi connectivity index (χ2n) is 6.28. The molecule has 1 aliphatic rings. The minimum atomic E-state index is -0.299. The van der Waals surface area contributed by atoms with E-state index in [1.54, 1.807) is 29.4 Å². The summed E-state index contributed by atoms with van der Waals surface area (Å²) in [5, 5.41) is 0. The molecule has 2 heterocycles. The Morgan fingerprint density at radius 3 is 2.80 bits per heavy atom. The maximum absolute atomic E-state index is 12.9. The van der Waals surface area contributed by atoms with Crippen molar-refractivity contribution in [1.29, 1.82) is 0 Å². The topological polar surface area (TPSA) is 58.6 Å². The van der Waals surface area contributed by atoms with Crippen molar-refractivity contribution in [3.8, 4) is 5.88 Å². The number of hydrogen-bond acceptors (Lipinski definition) is 5. The molecule has 3 rings (SSSR count). The number of benzene rings is 1. The lowest BCUT2D eigenvalue weighted by Crippen LogP contribution is -2.32. The van der Waals surface area contributed by atoms with E-state index >= 15 is 0 Å². The van der Waals surface area contributed by atoms with Crippen molar-refractivity contribution in [2.24, 2.45) is 0 Å². The van der Waals surface area contributed by atoms with Crippen molar-refractivity contribution in [2.75, 3.05) is 32.1 Å². The molecule has 1 fully saturated rings. The summed E-state index contributed by atoms with van der Waals surface area (Å²) in [4.78, 5) is 24.5.